The first-order valence-electron chi connectivity index (χ1n) is 8.24. The molecule has 6 heteroatoms. The van der Waals surface area contributed by atoms with E-state index in [0.29, 0.717) is 6.54 Å². The monoisotopic (exact) mass is 362 g/mol. The van der Waals surface area contributed by atoms with E-state index in [1.807, 2.05) is 18.0 Å². The summed E-state index contributed by atoms with van der Waals surface area (Å²) in [5, 5.41) is 7.72. The van der Waals surface area contributed by atoms with Crippen molar-refractivity contribution in [1.29, 1.82) is 0 Å². The molecule has 0 saturated heterocycles. The maximum absolute atomic E-state index is 4.60. The summed E-state index contributed by atoms with van der Waals surface area (Å²) < 4.78 is 0. The summed E-state index contributed by atoms with van der Waals surface area (Å²) in [6.45, 7) is 8.66. The minimum absolute atomic E-state index is 0.629. The first kappa shape index (κ1) is 18.8. The maximum atomic E-state index is 4.60. The van der Waals surface area contributed by atoms with Crippen molar-refractivity contribution in [2.75, 3.05) is 18.8 Å². The van der Waals surface area contributed by atoms with Gasteiger partial charge in [0, 0.05) is 35.7 Å². The Hall–Kier alpha value is -1.53. The third-order valence-corrected chi connectivity index (χ3v) is 5.24. The minimum Gasteiger partial charge on any atom is -0.357 e. The molecular formula is C18H26N4S2. The third-order valence-electron chi connectivity index (χ3n) is 3.31. The van der Waals surface area contributed by atoms with Gasteiger partial charge in [0.05, 0.1) is 6.54 Å². The zero-order valence-electron chi connectivity index (χ0n) is 14.6. The Morgan fingerprint density at radius 2 is 2.00 bits per heavy atom. The number of hydrogen-bond acceptors (Lipinski definition) is 4. The van der Waals surface area contributed by atoms with Gasteiger partial charge in [0.1, 0.15) is 5.01 Å². The summed E-state index contributed by atoms with van der Waals surface area (Å²) in [5.74, 6) is 2.96. The Morgan fingerprint density at radius 1 is 1.21 bits per heavy atom. The molecule has 1 aromatic carbocycles. The van der Waals surface area contributed by atoms with Gasteiger partial charge in [-0.2, -0.15) is 11.8 Å². The lowest BCUT2D eigenvalue weighted by molar-refractivity contribution is 0.841. The van der Waals surface area contributed by atoms with Gasteiger partial charge in [0.2, 0.25) is 0 Å². The molecule has 2 aromatic rings. The number of aryl methyl sites for hydroxylation is 2. The number of thiazole rings is 1. The third kappa shape index (κ3) is 6.93. The van der Waals surface area contributed by atoms with E-state index in [0.717, 1.165) is 35.6 Å². The number of guanidine groups is 1. The molecule has 2 rings (SSSR count). The lowest BCUT2D eigenvalue weighted by Crippen LogP contribution is -2.38. The van der Waals surface area contributed by atoms with E-state index in [4.69, 9.17) is 0 Å². The Bertz CT molecular complexity index is 635. The van der Waals surface area contributed by atoms with Crippen LogP contribution in [0.25, 0.3) is 0 Å². The van der Waals surface area contributed by atoms with Gasteiger partial charge in [0.25, 0.3) is 0 Å². The van der Waals surface area contributed by atoms with Crippen molar-refractivity contribution in [2.24, 2.45) is 4.99 Å². The zero-order chi connectivity index (χ0) is 17.2. The van der Waals surface area contributed by atoms with Gasteiger partial charge in [-0.3, -0.25) is 0 Å². The number of hydrogen-bond donors (Lipinski definition) is 2. The fourth-order valence-electron chi connectivity index (χ4n) is 2.08. The first-order chi connectivity index (χ1) is 11.7. The van der Waals surface area contributed by atoms with Crippen LogP contribution in [0.1, 0.15) is 27.9 Å². The Kier molecular flexibility index (Phi) is 8.12. The Labute approximate surface area is 153 Å². The molecule has 0 unspecified atom stereocenters. The number of nitrogens with one attached hydrogen (secondary N) is 2. The number of rotatable bonds is 8. The molecule has 1 aromatic heterocycles. The molecule has 130 valence electrons. The summed E-state index contributed by atoms with van der Waals surface area (Å²) in [7, 11) is 0. The number of nitrogens with zero attached hydrogens (tertiary/aromatic N) is 2. The molecule has 0 aliphatic rings. The largest absolute Gasteiger partial charge is 0.357 e. The van der Waals surface area contributed by atoms with Crippen LogP contribution in [0.2, 0.25) is 0 Å². The summed E-state index contributed by atoms with van der Waals surface area (Å²) in [5.41, 5.74) is 2.69. The van der Waals surface area contributed by atoms with Crippen LogP contribution in [0.4, 0.5) is 0 Å². The van der Waals surface area contributed by atoms with Crippen LogP contribution in [-0.4, -0.2) is 29.8 Å². The van der Waals surface area contributed by atoms with Gasteiger partial charge in [-0.05, 0) is 26.3 Å². The second-order valence-corrected chi connectivity index (χ2v) is 7.95. The highest BCUT2D eigenvalue weighted by atomic mass is 32.2. The van der Waals surface area contributed by atoms with Crippen molar-refractivity contribution in [1.82, 2.24) is 15.6 Å². The lowest BCUT2D eigenvalue weighted by atomic mass is 10.2. The second-order valence-electron chi connectivity index (χ2n) is 5.52. The van der Waals surface area contributed by atoms with E-state index < -0.39 is 0 Å². The van der Waals surface area contributed by atoms with Crippen molar-refractivity contribution in [2.45, 2.75) is 33.1 Å². The molecular weight excluding hydrogens is 336 g/mol. The molecule has 4 nitrogen and oxygen atoms in total. The van der Waals surface area contributed by atoms with Crippen LogP contribution in [-0.2, 0) is 12.3 Å². The smallest absolute Gasteiger partial charge is 0.191 e. The van der Waals surface area contributed by atoms with E-state index in [1.54, 1.807) is 11.3 Å². The highest BCUT2D eigenvalue weighted by Crippen LogP contribution is 2.13. The molecule has 0 bridgehead atoms. The SMILES string of the molecule is CCNC(=NCc1ncc(C)s1)NCCSCc1ccc(C)cc1. The number of aliphatic imine (C=N–C) groups is 1. The standard InChI is InChI=1S/C18H26N4S2/c1-4-19-18(22-12-17-21-11-15(3)24-17)20-9-10-23-13-16-7-5-14(2)6-8-16/h5-8,11H,4,9-10,12-13H2,1-3H3,(H2,19,20,22). The molecule has 0 amide bonds. The van der Waals surface area contributed by atoms with Crippen LogP contribution in [0, 0.1) is 13.8 Å². The summed E-state index contributed by atoms with van der Waals surface area (Å²) in [4.78, 5) is 10.2. The molecule has 0 aliphatic carbocycles. The van der Waals surface area contributed by atoms with Crippen LogP contribution in [0.3, 0.4) is 0 Å². The van der Waals surface area contributed by atoms with E-state index in [2.05, 4.69) is 65.6 Å². The fraction of sp³-hybridized carbons (Fsp3) is 0.444. The van der Waals surface area contributed by atoms with Gasteiger partial charge in [-0.25, -0.2) is 9.98 Å². The van der Waals surface area contributed by atoms with Crippen molar-refractivity contribution in [3.63, 3.8) is 0 Å². The van der Waals surface area contributed by atoms with Crippen LogP contribution in [0.15, 0.2) is 35.5 Å². The van der Waals surface area contributed by atoms with Gasteiger partial charge >= 0.3 is 0 Å². The number of aromatic nitrogens is 1. The summed E-state index contributed by atoms with van der Waals surface area (Å²) in [6.07, 6.45) is 1.90. The van der Waals surface area contributed by atoms with E-state index in [9.17, 15) is 0 Å². The summed E-state index contributed by atoms with van der Waals surface area (Å²) in [6, 6.07) is 8.75. The van der Waals surface area contributed by atoms with Crippen molar-refractivity contribution in [3.05, 3.63) is 51.5 Å². The fourth-order valence-corrected chi connectivity index (χ4v) is 3.61. The van der Waals surface area contributed by atoms with E-state index in [1.165, 1.54) is 16.0 Å². The molecule has 0 saturated carbocycles. The highest BCUT2D eigenvalue weighted by molar-refractivity contribution is 7.98. The van der Waals surface area contributed by atoms with Gasteiger partial charge in [-0.1, -0.05) is 29.8 Å². The van der Waals surface area contributed by atoms with Gasteiger partial charge in [-0.15, -0.1) is 11.3 Å². The molecule has 1 heterocycles. The van der Waals surface area contributed by atoms with Crippen molar-refractivity contribution < 1.29 is 0 Å². The maximum Gasteiger partial charge on any atom is 0.191 e. The van der Waals surface area contributed by atoms with Crippen LogP contribution in [0.5, 0.6) is 0 Å². The molecule has 0 fully saturated rings. The Morgan fingerprint density at radius 3 is 2.67 bits per heavy atom. The van der Waals surface area contributed by atoms with Crippen LogP contribution < -0.4 is 10.6 Å². The van der Waals surface area contributed by atoms with Crippen molar-refractivity contribution in [3.8, 4) is 0 Å². The first-order valence-corrected chi connectivity index (χ1v) is 10.2. The van der Waals surface area contributed by atoms with E-state index >= 15 is 0 Å². The number of benzene rings is 1. The molecule has 0 spiro atoms. The van der Waals surface area contributed by atoms with Gasteiger partial charge < -0.3 is 10.6 Å². The average Bonchev–Trinajstić information content (AvgIpc) is 2.99. The highest BCUT2D eigenvalue weighted by Gasteiger charge is 2.00. The molecule has 0 radical (unpaired) electrons. The van der Waals surface area contributed by atoms with Crippen LogP contribution >= 0.6 is 23.1 Å². The van der Waals surface area contributed by atoms with E-state index in [-0.39, 0.29) is 0 Å². The molecule has 2 N–H and O–H groups in total. The summed E-state index contributed by atoms with van der Waals surface area (Å²) >= 11 is 3.64. The quantitative estimate of drug-likeness (QED) is 0.427. The molecule has 24 heavy (non-hydrogen) atoms. The van der Waals surface area contributed by atoms with Gasteiger partial charge in [0.15, 0.2) is 5.96 Å². The normalized spacial score (nSPS) is 11.5. The predicted octanol–water partition coefficient (Wildman–Crippen LogP) is 3.75. The molecule has 0 atom stereocenters. The Balaban J connectivity index is 1.69. The molecule has 0 aliphatic heterocycles. The minimum atomic E-state index is 0.629. The average molecular weight is 363 g/mol. The topological polar surface area (TPSA) is 49.3 Å². The number of thioether (sulfide) groups is 1. The van der Waals surface area contributed by atoms with Crippen molar-refractivity contribution >= 4 is 29.1 Å². The zero-order valence-corrected chi connectivity index (χ0v) is 16.3. The predicted molar refractivity (Wildman–Crippen MR) is 107 cm³/mol. The second kappa shape index (κ2) is 10.4. The lowest BCUT2D eigenvalue weighted by Gasteiger charge is -2.10.